The highest BCUT2D eigenvalue weighted by molar-refractivity contribution is 6.02. The van der Waals surface area contributed by atoms with Crippen molar-refractivity contribution in [1.82, 2.24) is 0 Å². The molecule has 0 saturated heterocycles. The Morgan fingerprint density at radius 3 is 1.41 bits per heavy atom. The molecule has 0 spiro atoms. The number of carbonyl (C=O) groups is 4. The second-order valence-corrected chi connectivity index (χ2v) is 11.5. The van der Waals surface area contributed by atoms with E-state index in [-0.39, 0.29) is 39.2 Å². The third-order valence-corrected chi connectivity index (χ3v) is 7.98. The average Bonchev–Trinajstić information content (AvgIpc) is 3.17. The van der Waals surface area contributed by atoms with E-state index in [1.807, 2.05) is 24.3 Å². The van der Waals surface area contributed by atoms with Crippen molar-refractivity contribution in [1.29, 1.82) is 0 Å². The maximum atomic E-state index is 11.6. The second-order valence-electron chi connectivity index (χ2n) is 11.5. The fraction of sp³-hybridized carbons (Fsp3) is 0.176. The standard InChI is InChI=1S/C34H28O10/c1-33(2)17-34(3,18-4-6-19(7-5-18)43-20-8-11-23(29(35)36)25(14-20)31(39)40)28-16-22(10-13-27(28)33)44-21-9-12-24(30(37)38)26(15-21)32(41)42/h4-16H,17H2,1-3H3,(H,35,36)(H,37,38)(H,39,40)(H,41,42). The van der Waals surface area contributed by atoms with Gasteiger partial charge in [-0.2, -0.15) is 0 Å². The zero-order chi connectivity index (χ0) is 32.0. The molecule has 1 atom stereocenters. The van der Waals surface area contributed by atoms with Crippen LogP contribution in [-0.2, 0) is 10.8 Å². The van der Waals surface area contributed by atoms with E-state index in [2.05, 4.69) is 20.8 Å². The quantitative estimate of drug-likeness (QED) is 0.157. The van der Waals surface area contributed by atoms with Crippen LogP contribution in [0.5, 0.6) is 23.0 Å². The Bertz CT molecular complexity index is 1840. The van der Waals surface area contributed by atoms with Crippen molar-refractivity contribution in [2.75, 3.05) is 0 Å². The first-order valence-corrected chi connectivity index (χ1v) is 13.5. The molecule has 0 saturated carbocycles. The van der Waals surface area contributed by atoms with Crippen molar-refractivity contribution in [3.8, 4) is 23.0 Å². The van der Waals surface area contributed by atoms with E-state index in [1.165, 1.54) is 36.4 Å². The molecule has 1 aliphatic rings. The second kappa shape index (κ2) is 10.9. The predicted molar refractivity (Wildman–Crippen MR) is 158 cm³/mol. The number of carboxylic acid groups (broad SMARTS) is 4. The summed E-state index contributed by atoms with van der Waals surface area (Å²) in [5.41, 5.74) is 1.08. The number of carboxylic acids is 4. The Morgan fingerprint density at radius 1 is 0.523 bits per heavy atom. The van der Waals surface area contributed by atoms with Gasteiger partial charge in [-0.25, -0.2) is 19.2 Å². The molecule has 5 rings (SSSR count). The Labute approximate surface area is 251 Å². The van der Waals surface area contributed by atoms with Crippen molar-refractivity contribution in [2.24, 2.45) is 0 Å². The first-order chi connectivity index (χ1) is 20.7. The molecule has 10 heteroatoms. The molecule has 44 heavy (non-hydrogen) atoms. The molecule has 0 aromatic heterocycles. The van der Waals surface area contributed by atoms with E-state index in [1.54, 1.807) is 18.2 Å². The summed E-state index contributed by atoms with van der Waals surface area (Å²) in [6.45, 7) is 6.42. The first kappa shape index (κ1) is 29.8. The van der Waals surface area contributed by atoms with E-state index in [9.17, 15) is 39.6 Å². The van der Waals surface area contributed by atoms with Crippen LogP contribution in [0.15, 0.2) is 78.9 Å². The average molecular weight is 597 g/mol. The molecule has 0 fully saturated rings. The smallest absolute Gasteiger partial charge is 0.336 e. The lowest BCUT2D eigenvalue weighted by Crippen LogP contribution is -2.23. The normalized spacial score (nSPS) is 16.5. The van der Waals surface area contributed by atoms with Crippen LogP contribution in [-0.4, -0.2) is 44.3 Å². The lowest BCUT2D eigenvalue weighted by atomic mass is 9.75. The number of rotatable bonds is 9. The van der Waals surface area contributed by atoms with Crippen molar-refractivity contribution < 1.29 is 49.1 Å². The predicted octanol–water partition coefficient (Wildman–Crippen LogP) is 7.05. The van der Waals surface area contributed by atoms with Gasteiger partial charge < -0.3 is 29.9 Å². The molecule has 1 unspecified atom stereocenters. The van der Waals surface area contributed by atoms with Crippen LogP contribution in [0.25, 0.3) is 0 Å². The van der Waals surface area contributed by atoms with Crippen molar-refractivity contribution >= 4 is 23.9 Å². The molecule has 0 heterocycles. The number of fused-ring (bicyclic) bond motifs is 1. The van der Waals surface area contributed by atoms with E-state index in [0.29, 0.717) is 11.5 Å². The van der Waals surface area contributed by atoms with E-state index in [0.717, 1.165) is 23.1 Å². The third-order valence-electron chi connectivity index (χ3n) is 7.98. The number of aromatic carboxylic acids is 4. The van der Waals surface area contributed by atoms with Gasteiger partial charge in [-0.1, -0.05) is 39.0 Å². The van der Waals surface area contributed by atoms with Gasteiger partial charge in [0.25, 0.3) is 0 Å². The summed E-state index contributed by atoms with van der Waals surface area (Å²) in [6.07, 6.45) is 0.772. The summed E-state index contributed by atoms with van der Waals surface area (Å²) in [4.78, 5) is 46.0. The molecule has 0 radical (unpaired) electrons. The first-order valence-electron chi connectivity index (χ1n) is 13.5. The summed E-state index contributed by atoms with van der Waals surface area (Å²) < 4.78 is 11.9. The molecule has 0 amide bonds. The molecule has 10 nitrogen and oxygen atoms in total. The summed E-state index contributed by atoms with van der Waals surface area (Å²) in [5, 5.41) is 37.5. The monoisotopic (exact) mass is 596 g/mol. The van der Waals surface area contributed by atoms with Crippen molar-refractivity contribution in [2.45, 2.75) is 38.0 Å². The molecule has 0 bridgehead atoms. The zero-order valence-corrected chi connectivity index (χ0v) is 24.0. The maximum absolute atomic E-state index is 11.6. The summed E-state index contributed by atoms with van der Waals surface area (Å²) in [5.74, 6) is -4.16. The highest BCUT2D eigenvalue weighted by atomic mass is 16.5. The minimum absolute atomic E-state index is 0.183. The van der Waals surface area contributed by atoms with Gasteiger partial charge >= 0.3 is 23.9 Å². The van der Waals surface area contributed by atoms with E-state index in [4.69, 9.17) is 9.47 Å². The van der Waals surface area contributed by atoms with Crippen LogP contribution in [0.3, 0.4) is 0 Å². The maximum Gasteiger partial charge on any atom is 0.336 e. The van der Waals surface area contributed by atoms with Gasteiger partial charge in [0.05, 0.1) is 22.3 Å². The van der Waals surface area contributed by atoms with Gasteiger partial charge in [-0.15, -0.1) is 0 Å². The van der Waals surface area contributed by atoms with Crippen molar-refractivity contribution in [3.63, 3.8) is 0 Å². The molecular formula is C34H28O10. The SMILES string of the molecule is CC1(C)CC(C)(c2ccc(Oc3ccc(C(=O)O)c(C(=O)O)c3)cc2)c2cc(Oc3ccc(C(=O)O)c(C(=O)O)c3)ccc21. The van der Waals surface area contributed by atoms with Crippen LogP contribution >= 0.6 is 0 Å². The van der Waals surface area contributed by atoms with Crippen LogP contribution in [0, 0.1) is 0 Å². The summed E-state index contributed by atoms with van der Waals surface area (Å²) in [6, 6.07) is 20.6. The van der Waals surface area contributed by atoms with Crippen LogP contribution in [0.2, 0.25) is 0 Å². The lowest BCUT2D eigenvalue weighted by Gasteiger charge is -2.28. The fourth-order valence-corrected chi connectivity index (χ4v) is 6.03. The topological polar surface area (TPSA) is 168 Å². The van der Waals surface area contributed by atoms with Gasteiger partial charge in [-0.3, -0.25) is 0 Å². The van der Waals surface area contributed by atoms with Gasteiger partial charge in [0.15, 0.2) is 0 Å². The van der Waals surface area contributed by atoms with Crippen LogP contribution in [0.1, 0.15) is 85.3 Å². The minimum atomic E-state index is -1.37. The number of ether oxygens (including phenoxy) is 2. The van der Waals surface area contributed by atoms with Gasteiger partial charge in [-0.05, 0) is 89.2 Å². The summed E-state index contributed by atoms with van der Waals surface area (Å²) >= 11 is 0. The third kappa shape index (κ3) is 5.45. The Kier molecular flexibility index (Phi) is 7.38. The Balaban J connectivity index is 1.44. The molecule has 4 aromatic rings. The number of hydrogen-bond donors (Lipinski definition) is 4. The van der Waals surface area contributed by atoms with Crippen molar-refractivity contribution in [3.05, 3.63) is 118 Å². The number of benzene rings is 4. The molecule has 0 aliphatic heterocycles. The van der Waals surface area contributed by atoms with Gasteiger partial charge in [0.1, 0.15) is 23.0 Å². The molecule has 1 aliphatic carbocycles. The Hall–Kier alpha value is -5.64. The molecular weight excluding hydrogens is 568 g/mol. The Morgan fingerprint density at radius 2 is 0.932 bits per heavy atom. The minimum Gasteiger partial charge on any atom is -0.478 e. The summed E-state index contributed by atoms with van der Waals surface area (Å²) in [7, 11) is 0. The zero-order valence-electron chi connectivity index (χ0n) is 24.0. The highest BCUT2D eigenvalue weighted by Crippen LogP contribution is 2.54. The highest BCUT2D eigenvalue weighted by Gasteiger charge is 2.46. The van der Waals surface area contributed by atoms with E-state index >= 15 is 0 Å². The van der Waals surface area contributed by atoms with Crippen LogP contribution in [0.4, 0.5) is 0 Å². The van der Waals surface area contributed by atoms with Crippen LogP contribution < -0.4 is 9.47 Å². The molecule has 4 N–H and O–H groups in total. The molecule has 4 aromatic carbocycles. The fourth-order valence-electron chi connectivity index (χ4n) is 6.03. The largest absolute Gasteiger partial charge is 0.478 e. The van der Waals surface area contributed by atoms with Gasteiger partial charge in [0, 0.05) is 5.41 Å². The lowest BCUT2D eigenvalue weighted by molar-refractivity contribution is 0.0651. The van der Waals surface area contributed by atoms with E-state index < -0.39 is 29.3 Å². The molecule has 224 valence electrons. The number of hydrogen-bond acceptors (Lipinski definition) is 6. The van der Waals surface area contributed by atoms with Gasteiger partial charge in [0.2, 0.25) is 0 Å².